The van der Waals surface area contributed by atoms with Crippen molar-refractivity contribution in [1.82, 2.24) is 9.88 Å². The van der Waals surface area contributed by atoms with E-state index < -0.39 is 5.82 Å². The van der Waals surface area contributed by atoms with Gasteiger partial charge >= 0.3 is 0 Å². The molecule has 6 heteroatoms. The molecule has 1 amide bonds. The van der Waals surface area contributed by atoms with Crippen molar-refractivity contribution < 1.29 is 9.18 Å². The molecule has 0 bridgehead atoms. The summed E-state index contributed by atoms with van der Waals surface area (Å²) in [4.78, 5) is 17.7. The van der Waals surface area contributed by atoms with E-state index in [0.29, 0.717) is 25.5 Å². The quantitative estimate of drug-likeness (QED) is 0.853. The molecule has 0 aromatic carbocycles. The molecular formula is C13H17FN4O. The van der Waals surface area contributed by atoms with Crippen molar-refractivity contribution in [2.45, 2.75) is 20.3 Å². The van der Waals surface area contributed by atoms with Crippen LogP contribution < -0.4 is 5.32 Å². The highest BCUT2D eigenvalue weighted by Crippen LogP contribution is 2.16. The fourth-order valence-corrected chi connectivity index (χ4v) is 1.67. The fraction of sp³-hybridized carbons (Fsp3) is 0.462. The number of anilines is 1. The largest absolute Gasteiger partial charge is 0.370 e. The third-order valence-electron chi connectivity index (χ3n) is 2.59. The molecule has 1 heterocycles. The van der Waals surface area contributed by atoms with Crippen molar-refractivity contribution >= 4 is 11.7 Å². The molecule has 0 aliphatic rings. The van der Waals surface area contributed by atoms with Crippen LogP contribution in [0.2, 0.25) is 0 Å². The zero-order chi connectivity index (χ0) is 14.3. The maximum atomic E-state index is 13.3. The van der Waals surface area contributed by atoms with Gasteiger partial charge in [0.1, 0.15) is 11.6 Å². The van der Waals surface area contributed by atoms with E-state index in [1.54, 1.807) is 0 Å². The van der Waals surface area contributed by atoms with E-state index in [4.69, 9.17) is 5.26 Å². The Morgan fingerprint density at radius 3 is 2.89 bits per heavy atom. The number of nitrogens with zero attached hydrogens (tertiary/aromatic N) is 3. The summed E-state index contributed by atoms with van der Waals surface area (Å²) in [5.41, 5.74) is 0.196. The van der Waals surface area contributed by atoms with Crippen molar-refractivity contribution in [2.75, 3.05) is 25.0 Å². The predicted octanol–water partition coefficient (Wildman–Crippen LogP) is 2.03. The van der Waals surface area contributed by atoms with Gasteiger partial charge in [0, 0.05) is 19.6 Å². The number of aromatic nitrogens is 1. The first-order valence-electron chi connectivity index (χ1n) is 6.19. The Hall–Kier alpha value is -2.16. The summed E-state index contributed by atoms with van der Waals surface area (Å²) in [6.45, 7) is 5.06. The van der Waals surface area contributed by atoms with Crippen LogP contribution in [0, 0.1) is 17.1 Å². The van der Waals surface area contributed by atoms with Gasteiger partial charge in [-0.15, -0.1) is 0 Å². The minimum atomic E-state index is -0.554. The van der Waals surface area contributed by atoms with Gasteiger partial charge in [0.05, 0.1) is 24.3 Å². The van der Waals surface area contributed by atoms with Gasteiger partial charge in [-0.3, -0.25) is 4.79 Å². The molecule has 1 rings (SSSR count). The van der Waals surface area contributed by atoms with Crippen molar-refractivity contribution in [1.29, 1.82) is 5.26 Å². The average molecular weight is 264 g/mol. The molecule has 5 nitrogen and oxygen atoms in total. The Balaban J connectivity index is 3.02. The number of nitrogens with one attached hydrogen (secondary N) is 1. The molecule has 0 saturated heterocycles. The van der Waals surface area contributed by atoms with Gasteiger partial charge in [0.2, 0.25) is 0 Å². The zero-order valence-electron chi connectivity index (χ0n) is 11.1. The topological polar surface area (TPSA) is 69.0 Å². The number of pyridine rings is 1. The van der Waals surface area contributed by atoms with E-state index in [1.807, 2.05) is 19.9 Å². The summed E-state index contributed by atoms with van der Waals surface area (Å²) in [7, 11) is 0. The minimum absolute atomic E-state index is 0.196. The number of amides is 1. The van der Waals surface area contributed by atoms with Gasteiger partial charge in [0.25, 0.3) is 5.91 Å². The van der Waals surface area contributed by atoms with E-state index in [1.165, 1.54) is 11.0 Å². The molecule has 0 aliphatic heterocycles. The van der Waals surface area contributed by atoms with Crippen LogP contribution in [0.15, 0.2) is 12.3 Å². The highest BCUT2D eigenvalue weighted by molar-refractivity contribution is 5.98. The minimum Gasteiger partial charge on any atom is -0.370 e. The predicted molar refractivity (Wildman–Crippen MR) is 70.2 cm³/mol. The normalized spacial score (nSPS) is 9.79. The maximum Gasteiger partial charge on any atom is 0.257 e. The van der Waals surface area contributed by atoms with Crippen LogP contribution in [0.25, 0.3) is 0 Å². The smallest absolute Gasteiger partial charge is 0.257 e. The molecule has 0 aliphatic carbocycles. The summed E-state index contributed by atoms with van der Waals surface area (Å²) in [6.07, 6.45) is 1.32. The van der Waals surface area contributed by atoms with Gasteiger partial charge in [-0.05, 0) is 19.9 Å². The van der Waals surface area contributed by atoms with Crippen LogP contribution in [0.4, 0.5) is 10.2 Å². The van der Waals surface area contributed by atoms with Gasteiger partial charge in [0.15, 0.2) is 0 Å². The summed E-state index contributed by atoms with van der Waals surface area (Å²) in [6, 6.07) is 3.16. The SMILES string of the molecule is CCNc1ncc(F)cc1C(=O)N(CC)CCC#N. The molecule has 1 aromatic rings. The van der Waals surface area contributed by atoms with E-state index in [-0.39, 0.29) is 17.9 Å². The van der Waals surface area contributed by atoms with Gasteiger partial charge in [-0.1, -0.05) is 0 Å². The van der Waals surface area contributed by atoms with Crippen LogP contribution in [0.1, 0.15) is 30.6 Å². The average Bonchev–Trinajstić information content (AvgIpc) is 2.41. The first-order chi connectivity index (χ1) is 9.13. The molecule has 1 aromatic heterocycles. The number of halogens is 1. The standard InChI is InChI=1S/C13H17FN4O/c1-3-16-12-11(8-10(14)9-17-12)13(19)18(4-2)7-5-6-15/h8-9H,3-5,7H2,1-2H3,(H,16,17). The summed E-state index contributed by atoms with van der Waals surface area (Å²) in [5.74, 6) is -0.508. The molecule has 0 unspecified atom stereocenters. The molecule has 102 valence electrons. The van der Waals surface area contributed by atoms with Gasteiger partial charge < -0.3 is 10.2 Å². The van der Waals surface area contributed by atoms with E-state index >= 15 is 0 Å². The van der Waals surface area contributed by atoms with Gasteiger partial charge in [-0.2, -0.15) is 5.26 Å². The monoisotopic (exact) mass is 264 g/mol. The molecular weight excluding hydrogens is 247 g/mol. The molecule has 0 radical (unpaired) electrons. The zero-order valence-corrected chi connectivity index (χ0v) is 11.1. The second-order valence-electron chi connectivity index (χ2n) is 3.87. The lowest BCUT2D eigenvalue weighted by Crippen LogP contribution is -2.32. The van der Waals surface area contributed by atoms with Crippen LogP contribution in [0.3, 0.4) is 0 Å². The van der Waals surface area contributed by atoms with Crippen molar-refractivity contribution in [3.63, 3.8) is 0 Å². The van der Waals surface area contributed by atoms with E-state index in [0.717, 1.165) is 6.20 Å². The van der Waals surface area contributed by atoms with Crippen molar-refractivity contribution in [3.8, 4) is 6.07 Å². The Morgan fingerprint density at radius 1 is 1.58 bits per heavy atom. The third-order valence-corrected chi connectivity index (χ3v) is 2.59. The lowest BCUT2D eigenvalue weighted by Gasteiger charge is -2.20. The second-order valence-corrected chi connectivity index (χ2v) is 3.87. The number of hydrogen-bond donors (Lipinski definition) is 1. The summed E-state index contributed by atoms with van der Waals surface area (Å²) in [5, 5.41) is 11.5. The van der Waals surface area contributed by atoms with Crippen molar-refractivity contribution in [3.05, 3.63) is 23.6 Å². The highest BCUT2D eigenvalue weighted by Gasteiger charge is 2.19. The van der Waals surface area contributed by atoms with Gasteiger partial charge in [-0.25, -0.2) is 9.37 Å². The first-order valence-corrected chi connectivity index (χ1v) is 6.19. The lowest BCUT2D eigenvalue weighted by atomic mass is 10.2. The molecule has 0 fully saturated rings. The van der Waals surface area contributed by atoms with Crippen LogP contribution >= 0.6 is 0 Å². The van der Waals surface area contributed by atoms with Crippen molar-refractivity contribution in [2.24, 2.45) is 0 Å². The maximum absolute atomic E-state index is 13.3. The lowest BCUT2D eigenvalue weighted by molar-refractivity contribution is 0.0768. The number of carbonyl (C=O) groups is 1. The summed E-state index contributed by atoms with van der Waals surface area (Å²) < 4.78 is 13.3. The Bertz CT molecular complexity index is 484. The Kier molecular flexibility index (Phi) is 5.73. The number of nitriles is 1. The molecule has 0 saturated carbocycles. The number of carbonyl (C=O) groups excluding carboxylic acids is 1. The number of hydrogen-bond acceptors (Lipinski definition) is 4. The van der Waals surface area contributed by atoms with Crippen LogP contribution in [-0.4, -0.2) is 35.4 Å². The fourth-order valence-electron chi connectivity index (χ4n) is 1.67. The molecule has 19 heavy (non-hydrogen) atoms. The van der Waals surface area contributed by atoms with Crippen LogP contribution in [-0.2, 0) is 0 Å². The first kappa shape index (κ1) is 14.9. The summed E-state index contributed by atoms with van der Waals surface area (Å²) >= 11 is 0. The van der Waals surface area contributed by atoms with E-state index in [9.17, 15) is 9.18 Å². The number of rotatable bonds is 6. The molecule has 1 N–H and O–H groups in total. The second kappa shape index (κ2) is 7.31. The third kappa shape index (κ3) is 3.91. The molecule has 0 spiro atoms. The van der Waals surface area contributed by atoms with E-state index in [2.05, 4.69) is 10.3 Å². The Morgan fingerprint density at radius 2 is 2.32 bits per heavy atom. The van der Waals surface area contributed by atoms with Crippen LogP contribution in [0.5, 0.6) is 0 Å². The Labute approximate surface area is 112 Å². The molecule has 0 atom stereocenters. The highest BCUT2D eigenvalue weighted by atomic mass is 19.1.